The second kappa shape index (κ2) is 6.36. The standard InChI is InChI=1S/C11H22O2S/c1-6-8-9-10(7-2)13-14(12)11(3,4)5/h8-10H,6-7H2,1-5H3/b9-8+/t10-,14?/m0/s1. The van der Waals surface area contributed by atoms with Crippen LogP contribution in [-0.2, 0) is 15.3 Å². The predicted molar refractivity (Wildman–Crippen MR) is 62.5 cm³/mol. The lowest BCUT2D eigenvalue weighted by atomic mass is 10.2. The fourth-order valence-electron chi connectivity index (χ4n) is 0.781. The van der Waals surface area contributed by atoms with E-state index in [1.807, 2.05) is 39.8 Å². The fraction of sp³-hybridized carbons (Fsp3) is 0.818. The van der Waals surface area contributed by atoms with Crippen molar-refractivity contribution in [2.45, 2.75) is 58.3 Å². The maximum atomic E-state index is 11.7. The van der Waals surface area contributed by atoms with Crippen LogP contribution in [0, 0.1) is 0 Å². The van der Waals surface area contributed by atoms with E-state index in [2.05, 4.69) is 6.92 Å². The lowest BCUT2D eigenvalue weighted by molar-refractivity contribution is 0.264. The van der Waals surface area contributed by atoms with E-state index in [0.717, 1.165) is 12.8 Å². The van der Waals surface area contributed by atoms with Crippen LogP contribution in [0.3, 0.4) is 0 Å². The fourth-order valence-corrected chi connectivity index (χ4v) is 1.49. The molecule has 2 nitrogen and oxygen atoms in total. The quantitative estimate of drug-likeness (QED) is 0.662. The zero-order valence-electron chi connectivity index (χ0n) is 9.87. The Morgan fingerprint density at radius 1 is 1.36 bits per heavy atom. The molecule has 0 amide bonds. The van der Waals surface area contributed by atoms with E-state index in [9.17, 15) is 4.21 Å². The van der Waals surface area contributed by atoms with Gasteiger partial charge in [-0.1, -0.05) is 26.0 Å². The topological polar surface area (TPSA) is 26.3 Å². The molecule has 0 saturated carbocycles. The summed E-state index contributed by atoms with van der Waals surface area (Å²) in [6, 6.07) is 0. The summed E-state index contributed by atoms with van der Waals surface area (Å²) >= 11 is -1.22. The summed E-state index contributed by atoms with van der Waals surface area (Å²) in [6.45, 7) is 9.85. The van der Waals surface area contributed by atoms with Crippen LogP contribution in [0.15, 0.2) is 12.2 Å². The van der Waals surface area contributed by atoms with Crippen molar-refractivity contribution < 1.29 is 8.39 Å². The van der Waals surface area contributed by atoms with Crippen LogP contribution in [0.4, 0.5) is 0 Å². The van der Waals surface area contributed by atoms with Crippen molar-refractivity contribution in [3.63, 3.8) is 0 Å². The van der Waals surface area contributed by atoms with Gasteiger partial charge in [0, 0.05) is 0 Å². The normalized spacial score (nSPS) is 17.2. The zero-order chi connectivity index (χ0) is 11.2. The van der Waals surface area contributed by atoms with E-state index < -0.39 is 11.1 Å². The first kappa shape index (κ1) is 13.8. The Morgan fingerprint density at radius 2 is 1.93 bits per heavy atom. The number of hydrogen-bond acceptors (Lipinski definition) is 2. The van der Waals surface area contributed by atoms with Crippen LogP contribution in [0.25, 0.3) is 0 Å². The minimum absolute atomic E-state index is 0.0185. The molecular formula is C11H22O2S. The Labute approximate surface area is 90.4 Å². The minimum atomic E-state index is -1.22. The first-order valence-electron chi connectivity index (χ1n) is 5.17. The highest BCUT2D eigenvalue weighted by molar-refractivity contribution is 7.81. The summed E-state index contributed by atoms with van der Waals surface area (Å²) in [7, 11) is 0. The van der Waals surface area contributed by atoms with Crippen molar-refractivity contribution in [1.29, 1.82) is 0 Å². The molecule has 0 aromatic heterocycles. The van der Waals surface area contributed by atoms with Gasteiger partial charge < -0.3 is 0 Å². The summed E-state index contributed by atoms with van der Waals surface area (Å²) in [5.74, 6) is 0. The first-order valence-corrected chi connectivity index (χ1v) is 6.25. The van der Waals surface area contributed by atoms with Gasteiger partial charge in [0.2, 0.25) is 0 Å². The largest absolute Gasteiger partial charge is 0.283 e. The highest BCUT2D eigenvalue weighted by Crippen LogP contribution is 2.16. The summed E-state index contributed by atoms with van der Waals surface area (Å²) in [5, 5.41) is 0. The van der Waals surface area contributed by atoms with Gasteiger partial charge in [-0.3, -0.25) is 4.18 Å². The molecule has 0 bridgehead atoms. The third kappa shape index (κ3) is 5.55. The molecular weight excluding hydrogens is 196 g/mol. The van der Waals surface area contributed by atoms with Crippen molar-refractivity contribution in [3.8, 4) is 0 Å². The average molecular weight is 218 g/mol. The molecule has 0 aromatic rings. The molecule has 0 rings (SSSR count). The first-order chi connectivity index (χ1) is 6.41. The molecule has 0 saturated heterocycles. The maximum absolute atomic E-state index is 11.7. The van der Waals surface area contributed by atoms with Gasteiger partial charge in [0.1, 0.15) is 0 Å². The summed E-state index contributed by atoms with van der Waals surface area (Å²) in [4.78, 5) is 0. The van der Waals surface area contributed by atoms with Crippen molar-refractivity contribution in [3.05, 3.63) is 12.2 Å². The molecule has 0 aliphatic rings. The molecule has 0 aliphatic carbocycles. The Hall–Kier alpha value is -0.150. The second-order valence-electron chi connectivity index (χ2n) is 4.23. The van der Waals surface area contributed by atoms with Gasteiger partial charge >= 0.3 is 0 Å². The molecule has 0 heterocycles. The van der Waals surface area contributed by atoms with Gasteiger partial charge in [-0.2, -0.15) is 0 Å². The summed E-state index contributed by atoms with van der Waals surface area (Å²) in [6.07, 6.45) is 5.87. The third-order valence-corrected chi connectivity index (χ3v) is 3.12. The smallest absolute Gasteiger partial charge is 0.161 e. The molecule has 14 heavy (non-hydrogen) atoms. The molecule has 1 unspecified atom stereocenters. The number of rotatable bonds is 5. The second-order valence-corrected chi connectivity index (χ2v) is 6.11. The Morgan fingerprint density at radius 3 is 2.29 bits per heavy atom. The van der Waals surface area contributed by atoms with Crippen LogP contribution < -0.4 is 0 Å². The van der Waals surface area contributed by atoms with Crippen molar-refractivity contribution in [2.24, 2.45) is 0 Å². The molecule has 0 N–H and O–H groups in total. The molecule has 0 radical (unpaired) electrons. The molecule has 84 valence electrons. The van der Waals surface area contributed by atoms with Crippen LogP contribution in [-0.4, -0.2) is 15.1 Å². The van der Waals surface area contributed by atoms with E-state index in [0.29, 0.717) is 0 Å². The van der Waals surface area contributed by atoms with Crippen LogP contribution in [0.5, 0.6) is 0 Å². The maximum Gasteiger partial charge on any atom is 0.161 e. The van der Waals surface area contributed by atoms with Gasteiger partial charge in [-0.25, -0.2) is 4.21 Å². The Kier molecular flexibility index (Phi) is 6.29. The van der Waals surface area contributed by atoms with E-state index in [1.54, 1.807) is 0 Å². The lowest BCUT2D eigenvalue weighted by Gasteiger charge is -2.20. The Balaban J connectivity index is 4.19. The average Bonchev–Trinajstić information content (AvgIpc) is 2.10. The summed E-state index contributed by atoms with van der Waals surface area (Å²) in [5.41, 5.74) is 0. The number of hydrogen-bond donors (Lipinski definition) is 0. The van der Waals surface area contributed by atoms with Gasteiger partial charge in [-0.15, -0.1) is 0 Å². The van der Waals surface area contributed by atoms with Crippen molar-refractivity contribution in [1.82, 2.24) is 0 Å². The molecule has 0 aromatic carbocycles. The van der Waals surface area contributed by atoms with Crippen LogP contribution >= 0.6 is 0 Å². The number of allylic oxidation sites excluding steroid dienone is 1. The third-order valence-electron chi connectivity index (χ3n) is 1.70. The van der Waals surface area contributed by atoms with Crippen LogP contribution in [0.2, 0.25) is 0 Å². The van der Waals surface area contributed by atoms with E-state index in [4.69, 9.17) is 4.18 Å². The van der Waals surface area contributed by atoms with E-state index in [-0.39, 0.29) is 10.9 Å². The zero-order valence-corrected chi connectivity index (χ0v) is 10.7. The van der Waals surface area contributed by atoms with Gasteiger partial charge in [-0.05, 0) is 33.6 Å². The van der Waals surface area contributed by atoms with Crippen molar-refractivity contribution >= 4 is 11.1 Å². The van der Waals surface area contributed by atoms with Crippen LogP contribution in [0.1, 0.15) is 47.5 Å². The van der Waals surface area contributed by atoms with Gasteiger partial charge in [0.25, 0.3) is 0 Å². The van der Waals surface area contributed by atoms with Gasteiger partial charge in [0.05, 0.1) is 10.9 Å². The molecule has 2 atom stereocenters. The molecule has 3 heteroatoms. The molecule has 0 fully saturated rings. The molecule has 0 aliphatic heterocycles. The molecule has 0 spiro atoms. The highest BCUT2D eigenvalue weighted by Gasteiger charge is 2.22. The monoisotopic (exact) mass is 218 g/mol. The Bertz CT molecular complexity index is 204. The lowest BCUT2D eigenvalue weighted by Crippen LogP contribution is -2.26. The minimum Gasteiger partial charge on any atom is -0.283 e. The predicted octanol–water partition coefficient (Wildman–Crippen LogP) is 3.21. The van der Waals surface area contributed by atoms with E-state index >= 15 is 0 Å². The SMILES string of the molecule is CC/C=C/[C@H](CC)OS(=O)C(C)(C)C. The van der Waals surface area contributed by atoms with Gasteiger partial charge in [0.15, 0.2) is 11.1 Å². The highest BCUT2D eigenvalue weighted by atomic mass is 32.2. The van der Waals surface area contributed by atoms with Crippen molar-refractivity contribution in [2.75, 3.05) is 0 Å². The van der Waals surface area contributed by atoms with E-state index in [1.165, 1.54) is 0 Å². The summed E-state index contributed by atoms with van der Waals surface area (Å²) < 4.78 is 16.8.